The summed E-state index contributed by atoms with van der Waals surface area (Å²) < 4.78 is 22.5. The molecule has 2 aromatic heterocycles. The number of H-pyrrole nitrogens is 1. The average Bonchev–Trinajstić information content (AvgIpc) is 3.46. The van der Waals surface area contributed by atoms with Crippen LogP contribution in [0, 0.1) is 0 Å². The normalized spacial score (nSPS) is 16.5. The largest absolute Gasteiger partial charge is 0.493 e. The van der Waals surface area contributed by atoms with E-state index in [0.717, 1.165) is 51.6 Å². The summed E-state index contributed by atoms with van der Waals surface area (Å²) in [5.41, 5.74) is 4.48. The molecular formula is C31H34N6O4. The van der Waals surface area contributed by atoms with Gasteiger partial charge in [0, 0.05) is 40.9 Å². The fourth-order valence-corrected chi connectivity index (χ4v) is 5.02. The van der Waals surface area contributed by atoms with Gasteiger partial charge in [-0.25, -0.2) is 9.97 Å². The average molecular weight is 555 g/mol. The van der Waals surface area contributed by atoms with Crippen molar-refractivity contribution >= 4 is 39.0 Å². The highest BCUT2D eigenvalue weighted by Crippen LogP contribution is 2.37. The first-order valence-electron chi connectivity index (χ1n) is 13.9. The highest BCUT2D eigenvalue weighted by atomic mass is 16.5. The molecule has 0 amide bonds. The van der Waals surface area contributed by atoms with Gasteiger partial charge in [0.15, 0.2) is 17.3 Å². The van der Waals surface area contributed by atoms with Gasteiger partial charge >= 0.3 is 0 Å². The number of ether oxygens (including phenoxy) is 4. The van der Waals surface area contributed by atoms with Crippen LogP contribution in [0.25, 0.3) is 33.2 Å². The Morgan fingerprint density at radius 1 is 1.00 bits per heavy atom. The van der Waals surface area contributed by atoms with Gasteiger partial charge in [-0.05, 0) is 42.8 Å². The van der Waals surface area contributed by atoms with Crippen LogP contribution in [0.3, 0.4) is 0 Å². The number of nitrogens with one attached hydrogen (secondary N) is 3. The molecule has 1 saturated heterocycles. The van der Waals surface area contributed by atoms with Crippen molar-refractivity contribution in [2.45, 2.75) is 31.9 Å². The number of aromatic amines is 1. The molecule has 0 radical (unpaired) electrons. The zero-order valence-corrected chi connectivity index (χ0v) is 23.4. The third-order valence-electron chi connectivity index (χ3n) is 7.21. The SMILES string of the molecule is CCCC1OCC1Nc1cccc(-c2nc(Nc3ccc4[nH]ncc4c3)c3cc(OC)c(OCCOC)cc3n2)c1. The predicted molar refractivity (Wildman–Crippen MR) is 160 cm³/mol. The van der Waals surface area contributed by atoms with E-state index < -0.39 is 0 Å². The number of methoxy groups -OCH3 is 2. The van der Waals surface area contributed by atoms with E-state index in [-0.39, 0.29) is 6.10 Å². The summed E-state index contributed by atoms with van der Waals surface area (Å²) in [6, 6.07) is 18.3. The Balaban J connectivity index is 1.40. The fraction of sp³-hybridized carbons (Fsp3) is 0.323. The second-order valence-corrected chi connectivity index (χ2v) is 10.0. The Hall–Kier alpha value is -4.41. The molecule has 3 N–H and O–H groups in total. The molecule has 0 aliphatic carbocycles. The van der Waals surface area contributed by atoms with Gasteiger partial charge in [0.2, 0.25) is 0 Å². The lowest BCUT2D eigenvalue weighted by Crippen LogP contribution is -2.49. The maximum atomic E-state index is 5.97. The standard InChI is InChI=1S/C31H34N6O4/c1-4-6-27-26(18-41-27)33-21-8-5-7-19(13-21)30-35-25-16-29(40-12-11-38-2)28(39-3)15-23(25)31(36-30)34-22-9-10-24-20(14-22)17-32-37-24/h5,7-10,13-17,26-27,33H,4,6,11-12,18H2,1-3H3,(H,32,37)(H,34,35,36). The lowest BCUT2D eigenvalue weighted by atomic mass is 10.0. The highest BCUT2D eigenvalue weighted by molar-refractivity contribution is 5.95. The zero-order valence-electron chi connectivity index (χ0n) is 23.4. The molecule has 2 unspecified atom stereocenters. The van der Waals surface area contributed by atoms with E-state index >= 15 is 0 Å². The molecule has 212 valence electrons. The van der Waals surface area contributed by atoms with Crippen LogP contribution in [0.5, 0.6) is 11.5 Å². The van der Waals surface area contributed by atoms with Crippen molar-refractivity contribution in [3.05, 3.63) is 60.8 Å². The van der Waals surface area contributed by atoms with Gasteiger partial charge in [0.05, 0.1) is 49.7 Å². The molecule has 6 rings (SSSR count). The van der Waals surface area contributed by atoms with Crippen molar-refractivity contribution in [1.29, 1.82) is 0 Å². The maximum absolute atomic E-state index is 5.97. The van der Waals surface area contributed by atoms with E-state index in [1.807, 2.05) is 42.5 Å². The second kappa shape index (κ2) is 12.0. The van der Waals surface area contributed by atoms with Gasteiger partial charge in [-0.15, -0.1) is 0 Å². The first kappa shape index (κ1) is 26.8. The molecular weight excluding hydrogens is 520 g/mol. The Labute approximate surface area is 238 Å². The van der Waals surface area contributed by atoms with Gasteiger partial charge in [-0.2, -0.15) is 5.10 Å². The minimum Gasteiger partial charge on any atom is -0.493 e. The maximum Gasteiger partial charge on any atom is 0.163 e. The van der Waals surface area contributed by atoms with Crippen molar-refractivity contribution in [2.75, 3.05) is 44.7 Å². The Morgan fingerprint density at radius 3 is 2.73 bits per heavy atom. The van der Waals surface area contributed by atoms with Crippen LogP contribution in [0.1, 0.15) is 19.8 Å². The summed E-state index contributed by atoms with van der Waals surface area (Å²) in [6.45, 7) is 3.75. The van der Waals surface area contributed by atoms with Gasteiger partial charge in [0.1, 0.15) is 12.4 Å². The molecule has 0 bridgehead atoms. The number of hydrogen-bond acceptors (Lipinski definition) is 9. The molecule has 1 aliphatic heterocycles. The van der Waals surface area contributed by atoms with Gasteiger partial charge in [-0.1, -0.05) is 25.5 Å². The molecule has 3 aromatic carbocycles. The van der Waals surface area contributed by atoms with Crippen molar-refractivity contribution < 1.29 is 18.9 Å². The van der Waals surface area contributed by atoms with Crippen LogP contribution in [0.15, 0.2) is 60.8 Å². The van der Waals surface area contributed by atoms with E-state index in [0.29, 0.717) is 49.0 Å². The van der Waals surface area contributed by atoms with E-state index in [1.165, 1.54) is 0 Å². The number of hydrogen-bond donors (Lipinski definition) is 3. The Morgan fingerprint density at radius 2 is 1.93 bits per heavy atom. The predicted octanol–water partition coefficient (Wildman–Crippen LogP) is 5.93. The summed E-state index contributed by atoms with van der Waals surface area (Å²) in [5, 5.41) is 16.1. The Kier molecular flexibility index (Phi) is 7.84. The van der Waals surface area contributed by atoms with Crippen molar-refractivity contribution in [3.8, 4) is 22.9 Å². The molecule has 10 heteroatoms. The summed E-state index contributed by atoms with van der Waals surface area (Å²) in [4.78, 5) is 9.97. The Bertz CT molecular complexity index is 1660. The van der Waals surface area contributed by atoms with E-state index in [2.05, 4.69) is 39.9 Å². The third-order valence-corrected chi connectivity index (χ3v) is 7.21. The molecule has 5 aromatic rings. The summed E-state index contributed by atoms with van der Waals surface area (Å²) >= 11 is 0. The minimum atomic E-state index is 0.246. The van der Waals surface area contributed by atoms with Crippen LogP contribution >= 0.6 is 0 Å². The quantitative estimate of drug-likeness (QED) is 0.161. The lowest BCUT2D eigenvalue weighted by Gasteiger charge is -2.38. The van der Waals surface area contributed by atoms with Crippen LogP contribution < -0.4 is 20.1 Å². The smallest absolute Gasteiger partial charge is 0.163 e. The molecule has 1 aliphatic rings. The molecule has 0 saturated carbocycles. The third kappa shape index (κ3) is 5.75. The van der Waals surface area contributed by atoms with Gasteiger partial charge in [-0.3, -0.25) is 5.10 Å². The zero-order chi connectivity index (χ0) is 28.2. The first-order valence-corrected chi connectivity index (χ1v) is 13.9. The highest BCUT2D eigenvalue weighted by Gasteiger charge is 2.31. The minimum absolute atomic E-state index is 0.246. The summed E-state index contributed by atoms with van der Waals surface area (Å²) in [6.07, 6.45) is 4.19. The van der Waals surface area contributed by atoms with Crippen LogP contribution in [0.4, 0.5) is 17.2 Å². The number of aromatic nitrogens is 4. The second-order valence-electron chi connectivity index (χ2n) is 10.0. The molecule has 0 spiro atoms. The topological polar surface area (TPSA) is 115 Å². The summed E-state index contributed by atoms with van der Waals surface area (Å²) in [5.74, 6) is 2.43. The summed E-state index contributed by atoms with van der Waals surface area (Å²) in [7, 11) is 3.26. The lowest BCUT2D eigenvalue weighted by molar-refractivity contribution is -0.0683. The molecule has 10 nitrogen and oxygen atoms in total. The van der Waals surface area contributed by atoms with Crippen molar-refractivity contribution in [3.63, 3.8) is 0 Å². The van der Waals surface area contributed by atoms with Gasteiger partial charge in [0.25, 0.3) is 0 Å². The molecule has 3 heterocycles. The van der Waals surface area contributed by atoms with Crippen LogP contribution in [0.2, 0.25) is 0 Å². The van der Waals surface area contributed by atoms with E-state index in [1.54, 1.807) is 20.4 Å². The number of fused-ring (bicyclic) bond motifs is 2. The van der Waals surface area contributed by atoms with Gasteiger partial charge < -0.3 is 29.6 Å². The monoisotopic (exact) mass is 554 g/mol. The van der Waals surface area contributed by atoms with Crippen molar-refractivity contribution in [2.24, 2.45) is 0 Å². The number of anilines is 3. The van der Waals surface area contributed by atoms with Crippen LogP contribution in [-0.4, -0.2) is 66.4 Å². The van der Waals surface area contributed by atoms with Crippen LogP contribution in [-0.2, 0) is 9.47 Å². The fourth-order valence-electron chi connectivity index (χ4n) is 5.02. The number of benzene rings is 3. The first-order chi connectivity index (χ1) is 20.1. The van der Waals surface area contributed by atoms with E-state index in [9.17, 15) is 0 Å². The molecule has 41 heavy (non-hydrogen) atoms. The number of nitrogens with zero attached hydrogens (tertiary/aromatic N) is 3. The molecule has 2 atom stereocenters. The number of rotatable bonds is 12. The molecule has 1 fully saturated rings. The van der Waals surface area contributed by atoms with E-state index in [4.69, 9.17) is 28.9 Å². The van der Waals surface area contributed by atoms with Crippen molar-refractivity contribution in [1.82, 2.24) is 20.2 Å².